The minimum absolute atomic E-state index is 0.463. The maximum atomic E-state index is 10.00. The molecule has 0 aromatic heterocycles. The van der Waals surface area contributed by atoms with E-state index in [0.29, 0.717) is 18.7 Å². The van der Waals surface area contributed by atoms with E-state index >= 15 is 0 Å². The number of epoxide rings is 1. The standard InChI is InChI=1S/C5H8BNO2/c8-6-3-7-1-4-5(2-7)9-4/h4-5H,1-3H2. The molecule has 0 spiro atoms. The van der Waals surface area contributed by atoms with Crippen molar-refractivity contribution in [2.75, 3.05) is 19.5 Å². The van der Waals surface area contributed by atoms with Gasteiger partial charge in [0.05, 0.1) is 0 Å². The van der Waals surface area contributed by atoms with E-state index in [1.807, 2.05) is 0 Å². The summed E-state index contributed by atoms with van der Waals surface area (Å²) in [7, 11) is 0.949. The van der Waals surface area contributed by atoms with E-state index in [2.05, 4.69) is 4.90 Å². The average molecular weight is 125 g/mol. The summed E-state index contributed by atoms with van der Waals surface area (Å²) < 4.78 is 15.2. The van der Waals surface area contributed by atoms with Crippen molar-refractivity contribution in [3.8, 4) is 0 Å². The first kappa shape index (κ1) is 5.56. The molecule has 4 heteroatoms. The van der Waals surface area contributed by atoms with Gasteiger partial charge in [-0.2, -0.15) is 0 Å². The number of morpholine rings is 1. The van der Waals surface area contributed by atoms with Crippen LogP contribution < -0.4 is 0 Å². The predicted molar refractivity (Wildman–Crippen MR) is 31.5 cm³/mol. The van der Waals surface area contributed by atoms with Crippen LogP contribution in [-0.2, 0) is 9.44 Å². The van der Waals surface area contributed by atoms with Gasteiger partial charge in [-0.3, -0.25) is 0 Å². The quantitative estimate of drug-likeness (QED) is 0.353. The number of fused-ring (bicyclic) bond motifs is 1. The molecule has 0 saturated carbocycles. The summed E-state index contributed by atoms with van der Waals surface area (Å²) in [5.74, 6) is 0. The molecule has 0 bridgehead atoms. The minimum atomic E-state index is 0.463. The Bertz CT molecular complexity index is 131. The first-order valence-corrected chi connectivity index (χ1v) is 3.21. The molecule has 3 nitrogen and oxygen atoms in total. The van der Waals surface area contributed by atoms with Crippen LogP contribution in [-0.4, -0.2) is 43.8 Å². The number of nitrogens with zero attached hydrogens (tertiary/aromatic N) is 1. The third kappa shape index (κ3) is 0.925. The molecule has 2 aliphatic heterocycles. The normalized spacial score (nSPS) is 40.0. The summed E-state index contributed by atoms with van der Waals surface area (Å²) in [6.07, 6.45) is 1.51. The average Bonchev–Trinajstić information content (AvgIpc) is 2.42. The second-order valence-corrected chi connectivity index (χ2v) is 2.60. The SMILES string of the molecule is O=BCN1CC2OC2C1. The van der Waals surface area contributed by atoms with Crippen LogP contribution in [0.1, 0.15) is 0 Å². The van der Waals surface area contributed by atoms with Crippen LogP contribution in [0.25, 0.3) is 0 Å². The second kappa shape index (κ2) is 1.89. The first-order valence-electron chi connectivity index (χ1n) is 3.21. The van der Waals surface area contributed by atoms with E-state index in [0.717, 1.165) is 20.2 Å². The van der Waals surface area contributed by atoms with Gasteiger partial charge in [0, 0.05) is 0 Å². The van der Waals surface area contributed by atoms with Gasteiger partial charge < -0.3 is 0 Å². The van der Waals surface area contributed by atoms with Crippen LogP contribution in [0.2, 0.25) is 0 Å². The molecule has 2 unspecified atom stereocenters. The van der Waals surface area contributed by atoms with Gasteiger partial charge in [-0.25, -0.2) is 0 Å². The van der Waals surface area contributed by atoms with E-state index in [-0.39, 0.29) is 0 Å². The third-order valence-electron chi connectivity index (χ3n) is 1.90. The van der Waals surface area contributed by atoms with Gasteiger partial charge >= 0.3 is 53.2 Å². The van der Waals surface area contributed by atoms with Crippen LogP contribution in [0, 0.1) is 0 Å². The monoisotopic (exact) mass is 125 g/mol. The Hall–Kier alpha value is -0.215. The van der Waals surface area contributed by atoms with Crippen molar-refractivity contribution in [3.63, 3.8) is 0 Å². The van der Waals surface area contributed by atoms with Gasteiger partial charge in [0.25, 0.3) is 0 Å². The van der Waals surface area contributed by atoms with Crippen LogP contribution in [0.15, 0.2) is 0 Å². The Morgan fingerprint density at radius 2 is 2.22 bits per heavy atom. The van der Waals surface area contributed by atoms with Crippen LogP contribution in [0.5, 0.6) is 0 Å². The van der Waals surface area contributed by atoms with Crippen molar-refractivity contribution in [2.24, 2.45) is 0 Å². The van der Waals surface area contributed by atoms with Crippen molar-refractivity contribution in [2.45, 2.75) is 12.2 Å². The van der Waals surface area contributed by atoms with E-state index in [1.54, 1.807) is 0 Å². The molecular weight excluding hydrogens is 117 g/mol. The summed E-state index contributed by atoms with van der Waals surface area (Å²) >= 11 is 0. The van der Waals surface area contributed by atoms with Crippen LogP contribution in [0.3, 0.4) is 0 Å². The third-order valence-corrected chi connectivity index (χ3v) is 1.90. The zero-order valence-electron chi connectivity index (χ0n) is 5.12. The first-order chi connectivity index (χ1) is 4.40. The molecule has 0 radical (unpaired) electrons. The summed E-state index contributed by atoms with van der Waals surface area (Å²) in [6.45, 7) is 1.92. The Kier molecular flexibility index (Phi) is 1.17. The van der Waals surface area contributed by atoms with E-state index in [4.69, 9.17) is 4.74 Å². The molecule has 0 aliphatic carbocycles. The number of likely N-dealkylation sites (tertiary alicyclic amines) is 1. The summed E-state index contributed by atoms with van der Waals surface area (Å²) in [4.78, 5) is 2.12. The molecule has 2 aliphatic rings. The van der Waals surface area contributed by atoms with E-state index in [1.165, 1.54) is 0 Å². The van der Waals surface area contributed by atoms with Gasteiger partial charge in [0.2, 0.25) is 0 Å². The zero-order chi connectivity index (χ0) is 6.27. The van der Waals surface area contributed by atoms with Gasteiger partial charge in [0.15, 0.2) is 0 Å². The summed E-state index contributed by atoms with van der Waals surface area (Å²) in [5, 5.41) is 0. The van der Waals surface area contributed by atoms with E-state index < -0.39 is 0 Å². The Labute approximate surface area is 54.2 Å². The van der Waals surface area contributed by atoms with E-state index in [9.17, 15) is 4.70 Å². The fourth-order valence-corrected chi connectivity index (χ4v) is 1.34. The molecule has 2 heterocycles. The second-order valence-electron chi connectivity index (χ2n) is 2.60. The molecule has 0 aromatic rings. The molecule has 0 N–H and O–H groups in total. The maximum absolute atomic E-state index is 10.00. The molecule has 9 heavy (non-hydrogen) atoms. The topological polar surface area (TPSA) is 32.8 Å². The van der Waals surface area contributed by atoms with Gasteiger partial charge in [-0.1, -0.05) is 0 Å². The summed E-state index contributed by atoms with van der Waals surface area (Å²) in [6, 6.07) is 0. The fourth-order valence-electron chi connectivity index (χ4n) is 1.34. The van der Waals surface area contributed by atoms with Crippen molar-refractivity contribution in [3.05, 3.63) is 0 Å². The number of hydrogen-bond acceptors (Lipinski definition) is 3. The van der Waals surface area contributed by atoms with Gasteiger partial charge in [0.1, 0.15) is 0 Å². The predicted octanol–water partition coefficient (Wildman–Crippen LogP) is -0.923. The molecule has 0 amide bonds. The molecule has 48 valence electrons. The Balaban J connectivity index is 1.83. The molecule has 0 aromatic carbocycles. The van der Waals surface area contributed by atoms with Crippen molar-refractivity contribution in [1.29, 1.82) is 0 Å². The molecule has 2 fully saturated rings. The van der Waals surface area contributed by atoms with Crippen LogP contribution in [0.4, 0.5) is 0 Å². The van der Waals surface area contributed by atoms with Crippen molar-refractivity contribution in [1.82, 2.24) is 4.90 Å². The Morgan fingerprint density at radius 1 is 1.56 bits per heavy atom. The number of hydrogen-bond donors (Lipinski definition) is 0. The van der Waals surface area contributed by atoms with Crippen LogP contribution >= 0.6 is 0 Å². The number of ether oxygens (including phenoxy) is 1. The molecule has 2 saturated heterocycles. The molecule has 2 atom stereocenters. The summed E-state index contributed by atoms with van der Waals surface area (Å²) in [5.41, 5.74) is 0. The van der Waals surface area contributed by atoms with Gasteiger partial charge in [-0.05, 0) is 0 Å². The van der Waals surface area contributed by atoms with Crippen molar-refractivity contribution < 1.29 is 9.44 Å². The Morgan fingerprint density at radius 3 is 2.78 bits per heavy atom. The zero-order valence-corrected chi connectivity index (χ0v) is 5.12. The fraction of sp³-hybridized carbons (Fsp3) is 1.00. The van der Waals surface area contributed by atoms with Gasteiger partial charge in [-0.15, -0.1) is 0 Å². The molecule has 2 rings (SSSR count). The number of rotatable bonds is 2. The molecular formula is C5H8BNO2. The van der Waals surface area contributed by atoms with Crippen molar-refractivity contribution >= 4 is 7.15 Å².